The van der Waals surface area contributed by atoms with Gasteiger partial charge in [0.2, 0.25) is 0 Å². The Kier molecular flexibility index (Phi) is 6.67. The van der Waals surface area contributed by atoms with Crippen LogP contribution in [-0.4, -0.2) is 61.7 Å². The van der Waals surface area contributed by atoms with Gasteiger partial charge >= 0.3 is 6.09 Å². The molecule has 0 aliphatic heterocycles. The highest BCUT2D eigenvalue weighted by Gasteiger charge is 2.34. The highest BCUT2D eigenvalue weighted by atomic mass is 32.2. The van der Waals surface area contributed by atoms with Crippen molar-refractivity contribution in [1.29, 1.82) is 0 Å². The second kappa shape index (κ2) is 7.64. The van der Waals surface area contributed by atoms with Crippen molar-refractivity contribution in [3.8, 4) is 0 Å². The Balaban J connectivity index is 2.41. The van der Waals surface area contributed by atoms with E-state index in [1.807, 2.05) is 27.7 Å². The molecule has 0 aromatic heterocycles. The molecular weight excluding hydrogens is 304 g/mol. The summed E-state index contributed by atoms with van der Waals surface area (Å²) in [4.78, 5) is 13.9. The Morgan fingerprint density at radius 3 is 2.41 bits per heavy atom. The molecule has 0 bridgehead atoms. The molecule has 1 saturated carbocycles. The zero-order valence-corrected chi connectivity index (χ0v) is 15.2. The van der Waals surface area contributed by atoms with Gasteiger partial charge in [-0.05, 0) is 40.5 Å². The van der Waals surface area contributed by atoms with Crippen LogP contribution in [0.15, 0.2) is 0 Å². The summed E-state index contributed by atoms with van der Waals surface area (Å²) in [5, 5.41) is 3.18. The van der Waals surface area contributed by atoms with Gasteiger partial charge in [0, 0.05) is 30.9 Å². The number of amides is 1. The largest absolute Gasteiger partial charge is 0.444 e. The standard InChI is InChI=1S/C15H30N2O4S/c1-6-22(19,20)11-12(2)16-9-10-17(13-7-8-13)14(18)21-15(3,4)5/h12-13,16H,6-11H2,1-5H3. The van der Waals surface area contributed by atoms with Crippen molar-refractivity contribution < 1.29 is 17.9 Å². The molecule has 1 amide bonds. The summed E-state index contributed by atoms with van der Waals surface area (Å²) in [7, 11) is -2.98. The molecule has 0 aromatic rings. The number of hydrogen-bond donors (Lipinski definition) is 1. The highest BCUT2D eigenvalue weighted by molar-refractivity contribution is 7.91. The van der Waals surface area contributed by atoms with Gasteiger partial charge < -0.3 is 15.0 Å². The second-order valence-corrected chi connectivity index (χ2v) is 9.36. The highest BCUT2D eigenvalue weighted by Crippen LogP contribution is 2.28. The van der Waals surface area contributed by atoms with Crippen LogP contribution in [-0.2, 0) is 14.6 Å². The SMILES string of the molecule is CCS(=O)(=O)CC(C)NCCN(C(=O)OC(C)(C)C)C1CC1. The molecule has 1 aliphatic carbocycles. The molecule has 0 saturated heterocycles. The van der Waals surface area contributed by atoms with Crippen molar-refractivity contribution in [3.63, 3.8) is 0 Å². The van der Waals surface area contributed by atoms with Crippen LogP contribution in [0.4, 0.5) is 4.79 Å². The maximum atomic E-state index is 12.2. The third-order valence-electron chi connectivity index (χ3n) is 3.40. The first-order valence-electron chi connectivity index (χ1n) is 7.97. The van der Waals surface area contributed by atoms with Gasteiger partial charge in [0.05, 0.1) is 5.75 Å². The zero-order chi connectivity index (χ0) is 17.0. The normalized spacial score (nSPS) is 17.1. The molecule has 1 aliphatic rings. The minimum Gasteiger partial charge on any atom is -0.444 e. The summed E-state index contributed by atoms with van der Waals surface area (Å²) < 4.78 is 28.6. The fraction of sp³-hybridized carbons (Fsp3) is 0.933. The van der Waals surface area contributed by atoms with Crippen molar-refractivity contribution in [2.75, 3.05) is 24.6 Å². The molecule has 0 spiro atoms. The lowest BCUT2D eigenvalue weighted by atomic mass is 10.2. The molecule has 0 radical (unpaired) electrons. The quantitative estimate of drug-likeness (QED) is 0.732. The summed E-state index contributed by atoms with van der Waals surface area (Å²) in [6.07, 6.45) is 1.74. The van der Waals surface area contributed by atoms with Crippen molar-refractivity contribution in [2.24, 2.45) is 0 Å². The van der Waals surface area contributed by atoms with Gasteiger partial charge in [-0.25, -0.2) is 13.2 Å². The first-order chi connectivity index (χ1) is 10.0. The Hall–Kier alpha value is -0.820. The van der Waals surface area contributed by atoms with E-state index >= 15 is 0 Å². The van der Waals surface area contributed by atoms with E-state index < -0.39 is 15.4 Å². The van der Waals surface area contributed by atoms with Crippen LogP contribution in [0.1, 0.15) is 47.5 Å². The second-order valence-electron chi connectivity index (χ2n) is 6.96. The monoisotopic (exact) mass is 334 g/mol. The van der Waals surface area contributed by atoms with E-state index in [4.69, 9.17) is 4.74 Å². The predicted molar refractivity (Wildman–Crippen MR) is 87.8 cm³/mol. The minimum absolute atomic E-state index is 0.121. The Labute approximate surface area is 134 Å². The van der Waals surface area contributed by atoms with Crippen molar-refractivity contribution in [1.82, 2.24) is 10.2 Å². The molecule has 1 N–H and O–H groups in total. The average molecular weight is 334 g/mol. The van der Waals surface area contributed by atoms with Crippen LogP contribution >= 0.6 is 0 Å². The Morgan fingerprint density at radius 1 is 1.36 bits per heavy atom. The summed E-state index contributed by atoms with van der Waals surface area (Å²) >= 11 is 0. The maximum Gasteiger partial charge on any atom is 0.410 e. The van der Waals surface area contributed by atoms with Gasteiger partial charge in [-0.1, -0.05) is 6.92 Å². The summed E-state index contributed by atoms with van der Waals surface area (Å²) in [5.41, 5.74) is -0.500. The smallest absolute Gasteiger partial charge is 0.410 e. The summed E-state index contributed by atoms with van der Waals surface area (Å²) in [6, 6.07) is 0.149. The van der Waals surface area contributed by atoms with E-state index in [0.717, 1.165) is 12.8 Å². The molecule has 6 nitrogen and oxygen atoms in total. The zero-order valence-electron chi connectivity index (χ0n) is 14.4. The lowest BCUT2D eigenvalue weighted by Crippen LogP contribution is -2.44. The van der Waals surface area contributed by atoms with Crippen LogP contribution in [0.25, 0.3) is 0 Å². The van der Waals surface area contributed by atoms with E-state index in [1.54, 1.807) is 11.8 Å². The third kappa shape index (κ3) is 7.45. The number of ether oxygens (including phenoxy) is 1. The predicted octanol–water partition coefficient (Wildman–Crippen LogP) is 1.80. The van der Waals surface area contributed by atoms with Crippen LogP contribution in [0.3, 0.4) is 0 Å². The van der Waals surface area contributed by atoms with E-state index in [-0.39, 0.29) is 29.7 Å². The fourth-order valence-corrected chi connectivity index (χ4v) is 3.23. The first kappa shape index (κ1) is 19.2. The molecule has 7 heteroatoms. The summed E-state index contributed by atoms with van der Waals surface area (Å²) in [6.45, 7) is 10.2. The Bertz CT molecular complexity index is 466. The number of carbonyl (C=O) groups is 1. The third-order valence-corrected chi connectivity index (χ3v) is 5.29. The van der Waals surface area contributed by atoms with Crippen molar-refractivity contribution >= 4 is 15.9 Å². The van der Waals surface area contributed by atoms with E-state index in [9.17, 15) is 13.2 Å². The molecule has 130 valence electrons. The van der Waals surface area contributed by atoms with Gasteiger partial charge in [-0.3, -0.25) is 0 Å². The maximum absolute atomic E-state index is 12.2. The van der Waals surface area contributed by atoms with Gasteiger partial charge in [-0.15, -0.1) is 0 Å². The van der Waals surface area contributed by atoms with Gasteiger partial charge in [0.25, 0.3) is 0 Å². The molecule has 1 fully saturated rings. The molecule has 1 atom stereocenters. The van der Waals surface area contributed by atoms with Gasteiger partial charge in [0.1, 0.15) is 5.60 Å². The van der Waals surface area contributed by atoms with Crippen molar-refractivity contribution in [3.05, 3.63) is 0 Å². The van der Waals surface area contributed by atoms with Gasteiger partial charge in [-0.2, -0.15) is 0 Å². The molecule has 0 heterocycles. The number of nitrogens with zero attached hydrogens (tertiary/aromatic N) is 1. The number of rotatable bonds is 8. The first-order valence-corrected chi connectivity index (χ1v) is 9.79. The molecule has 1 unspecified atom stereocenters. The summed E-state index contributed by atoms with van der Waals surface area (Å²) in [5.74, 6) is 0.282. The van der Waals surface area contributed by atoms with Crippen LogP contribution in [0.2, 0.25) is 0 Å². The average Bonchev–Trinajstić information content (AvgIpc) is 3.16. The fourth-order valence-electron chi connectivity index (χ4n) is 2.12. The number of nitrogens with one attached hydrogen (secondary N) is 1. The Morgan fingerprint density at radius 2 is 1.95 bits per heavy atom. The lowest BCUT2D eigenvalue weighted by molar-refractivity contribution is 0.0235. The molecular formula is C15H30N2O4S. The van der Waals surface area contributed by atoms with Crippen LogP contribution < -0.4 is 5.32 Å². The number of hydrogen-bond acceptors (Lipinski definition) is 5. The van der Waals surface area contributed by atoms with E-state index in [0.29, 0.717) is 13.1 Å². The number of carbonyl (C=O) groups excluding carboxylic acids is 1. The molecule has 0 aromatic carbocycles. The minimum atomic E-state index is -2.98. The van der Waals surface area contributed by atoms with Crippen LogP contribution in [0.5, 0.6) is 0 Å². The number of sulfone groups is 1. The van der Waals surface area contributed by atoms with Crippen molar-refractivity contribution in [2.45, 2.75) is 65.1 Å². The van der Waals surface area contributed by atoms with Crippen LogP contribution in [0, 0.1) is 0 Å². The molecule has 22 heavy (non-hydrogen) atoms. The van der Waals surface area contributed by atoms with Gasteiger partial charge in [0.15, 0.2) is 9.84 Å². The lowest BCUT2D eigenvalue weighted by Gasteiger charge is -2.28. The molecule has 1 rings (SSSR count). The van der Waals surface area contributed by atoms with E-state index in [1.165, 1.54) is 0 Å². The topological polar surface area (TPSA) is 75.7 Å². The van der Waals surface area contributed by atoms with E-state index in [2.05, 4.69) is 5.32 Å².